The number of nitrogens with one attached hydrogen (secondary N) is 1. The molecule has 3 aromatic rings. The minimum absolute atomic E-state index is 0.0923. The lowest BCUT2D eigenvalue weighted by Gasteiger charge is -2.15. The van der Waals surface area contributed by atoms with Gasteiger partial charge in [-0.3, -0.25) is 9.78 Å². The molecule has 158 valence electrons. The number of esters is 1. The normalized spacial score (nSPS) is 13.6. The summed E-state index contributed by atoms with van der Waals surface area (Å²) in [6, 6.07) is 11.3. The van der Waals surface area contributed by atoms with Crippen LogP contribution in [0.4, 0.5) is 5.69 Å². The fourth-order valence-corrected chi connectivity index (χ4v) is 4.10. The zero-order valence-electron chi connectivity index (χ0n) is 16.7. The first kappa shape index (κ1) is 20.7. The summed E-state index contributed by atoms with van der Waals surface area (Å²) < 4.78 is 4.82. The molecule has 0 radical (unpaired) electrons. The molecule has 0 fully saturated rings. The van der Waals surface area contributed by atoms with E-state index in [4.69, 9.17) is 9.72 Å². The lowest BCUT2D eigenvalue weighted by Crippen LogP contribution is -2.31. The number of aliphatic hydroxyl groups is 1. The number of hydrogen-bond acceptors (Lipinski definition) is 8. The minimum atomic E-state index is -0.575. The molecule has 0 bridgehead atoms. The molecular formula is C22H20N4O4S. The van der Waals surface area contributed by atoms with Crippen LogP contribution in [-0.2, 0) is 14.3 Å². The zero-order valence-corrected chi connectivity index (χ0v) is 17.6. The molecule has 1 amide bonds. The molecular weight excluding hydrogens is 416 g/mol. The number of β-amino-alcohol motifs (C(OH)–C–C–N with tert-alkyl or cyclic N) is 1. The van der Waals surface area contributed by atoms with Crippen LogP contribution in [0.5, 0.6) is 0 Å². The van der Waals surface area contributed by atoms with Crippen molar-refractivity contribution in [2.45, 2.75) is 0 Å². The first-order chi connectivity index (χ1) is 15.1. The van der Waals surface area contributed by atoms with Crippen LogP contribution in [0.2, 0.25) is 0 Å². The largest absolute Gasteiger partial charge is 0.466 e. The van der Waals surface area contributed by atoms with Crippen LogP contribution in [-0.4, -0.2) is 58.7 Å². The van der Waals surface area contributed by atoms with Crippen LogP contribution < -0.4 is 5.32 Å². The highest BCUT2D eigenvalue weighted by atomic mass is 32.1. The molecule has 0 saturated carbocycles. The molecule has 0 saturated heterocycles. The van der Waals surface area contributed by atoms with E-state index >= 15 is 0 Å². The fourth-order valence-electron chi connectivity index (χ4n) is 3.28. The number of aromatic nitrogens is 2. The van der Waals surface area contributed by atoms with Crippen LogP contribution in [0.3, 0.4) is 0 Å². The second-order valence-electron chi connectivity index (χ2n) is 6.78. The van der Waals surface area contributed by atoms with Crippen molar-refractivity contribution in [2.24, 2.45) is 0 Å². The summed E-state index contributed by atoms with van der Waals surface area (Å²) in [6.07, 6.45) is 3.48. The predicted octanol–water partition coefficient (Wildman–Crippen LogP) is 2.55. The number of aliphatic hydroxyl groups excluding tert-OH is 1. The minimum Gasteiger partial charge on any atom is -0.466 e. The van der Waals surface area contributed by atoms with Crippen molar-refractivity contribution in [1.29, 1.82) is 0 Å². The SMILES string of the molecule is COC(=O)C1=C(Nc2cccc(-c3nc(-c4cccnc4)cs3)c2)C(=O)N(CCO)C1. The highest BCUT2D eigenvalue weighted by molar-refractivity contribution is 7.13. The first-order valence-corrected chi connectivity index (χ1v) is 10.4. The monoisotopic (exact) mass is 436 g/mol. The van der Waals surface area contributed by atoms with Gasteiger partial charge in [-0.15, -0.1) is 11.3 Å². The van der Waals surface area contributed by atoms with Gasteiger partial charge in [0.2, 0.25) is 0 Å². The molecule has 0 aliphatic carbocycles. The number of ether oxygens (including phenoxy) is 1. The van der Waals surface area contributed by atoms with Crippen molar-refractivity contribution in [3.63, 3.8) is 0 Å². The molecule has 1 aliphatic rings. The topological polar surface area (TPSA) is 105 Å². The van der Waals surface area contributed by atoms with Crippen LogP contribution in [0.25, 0.3) is 21.8 Å². The van der Waals surface area contributed by atoms with Gasteiger partial charge in [-0.25, -0.2) is 9.78 Å². The first-order valence-electron chi connectivity index (χ1n) is 9.55. The maximum absolute atomic E-state index is 12.7. The molecule has 4 rings (SSSR count). The fraction of sp³-hybridized carbons (Fsp3) is 0.182. The third-order valence-corrected chi connectivity index (χ3v) is 5.69. The van der Waals surface area contributed by atoms with Gasteiger partial charge < -0.3 is 20.1 Å². The Hall–Kier alpha value is -3.56. The molecule has 1 aromatic carbocycles. The van der Waals surface area contributed by atoms with Crippen LogP contribution in [0.1, 0.15) is 0 Å². The second kappa shape index (κ2) is 9.07. The Bertz CT molecular complexity index is 1140. The highest BCUT2D eigenvalue weighted by Crippen LogP contribution is 2.31. The number of carbonyl (C=O) groups is 2. The van der Waals surface area contributed by atoms with E-state index in [1.807, 2.05) is 41.8 Å². The van der Waals surface area contributed by atoms with Crippen molar-refractivity contribution >= 4 is 28.9 Å². The Morgan fingerprint density at radius 1 is 1.29 bits per heavy atom. The Morgan fingerprint density at radius 3 is 2.87 bits per heavy atom. The van der Waals surface area contributed by atoms with E-state index in [0.717, 1.165) is 21.8 Å². The van der Waals surface area contributed by atoms with E-state index in [-0.39, 0.29) is 36.9 Å². The lowest BCUT2D eigenvalue weighted by molar-refractivity contribution is -0.136. The van der Waals surface area contributed by atoms with Gasteiger partial charge in [-0.1, -0.05) is 12.1 Å². The maximum Gasteiger partial charge on any atom is 0.337 e. The van der Waals surface area contributed by atoms with E-state index in [1.165, 1.54) is 23.3 Å². The van der Waals surface area contributed by atoms with Crippen molar-refractivity contribution in [1.82, 2.24) is 14.9 Å². The molecule has 0 unspecified atom stereocenters. The molecule has 31 heavy (non-hydrogen) atoms. The van der Waals surface area contributed by atoms with Gasteiger partial charge in [0.15, 0.2) is 0 Å². The zero-order chi connectivity index (χ0) is 21.8. The van der Waals surface area contributed by atoms with Gasteiger partial charge in [0.05, 0.1) is 31.5 Å². The Morgan fingerprint density at radius 2 is 2.13 bits per heavy atom. The van der Waals surface area contributed by atoms with E-state index < -0.39 is 5.97 Å². The highest BCUT2D eigenvalue weighted by Gasteiger charge is 2.34. The number of benzene rings is 1. The molecule has 0 atom stereocenters. The second-order valence-corrected chi connectivity index (χ2v) is 7.64. The molecule has 8 nitrogen and oxygen atoms in total. The molecule has 2 N–H and O–H groups in total. The summed E-state index contributed by atoms with van der Waals surface area (Å²) in [7, 11) is 1.27. The van der Waals surface area contributed by atoms with Crippen molar-refractivity contribution in [3.8, 4) is 21.8 Å². The van der Waals surface area contributed by atoms with Crippen molar-refractivity contribution in [2.75, 3.05) is 32.1 Å². The number of anilines is 1. The van der Waals surface area contributed by atoms with Gasteiger partial charge >= 0.3 is 5.97 Å². The molecule has 2 aromatic heterocycles. The number of methoxy groups -OCH3 is 1. The number of rotatable bonds is 7. The molecule has 9 heteroatoms. The predicted molar refractivity (Wildman–Crippen MR) is 117 cm³/mol. The summed E-state index contributed by atoms with van der Waals surface area (Å²) in [5.74, 6) is -0.929. The lowest BCUT2D eigenvalue weighted by atomic mass is 10.2. The van der Waals surface area contributed by atoms with Gasteiger partial charge in [-0.2, -0.15) is 0 Å². The van der Waals surface area contributed by atoms with Crippen LogP contribution in [0.15, 0.2) is 65.4 Å². The van der Waals surface area contributed by atoms with Gasteiger partial charge in [0.1, 0.15) is 10.7 Å². The van der Waals surface area contributed by atoms with E-state index in [9.17, 15) is 14.7 Å². The smallest absolute Gasteiger partial charge is 0.337 e. The van der Waals surface area contributed by atoms with E-state index in [0.29, 0.717) is 5.69 Å². The Labute approximate surface area is 182 Å². The molecule has 1 aliphatic heterocycles. The number of amides is 1. The summed E-state index contributed by atoms with van der Waals surface area (Å²) in [4.78, 5) is 35.1. The number of nitrogens with zero attached hydrogens (tertiary/aromatic N) is 3. The van der Waals surface area contributed by atoms with Gasteiger partial charge in [-0.05, 0) is 24.3 Å². The summed E-state index contributed by atoms with van der Waals surface area (Å²) in [5, 5.41) is 15.0. The van der Waals surface area contributed by atoms with Crippen LogP contribution >= 0.6 is 11.3 Å². The van der Waals surface area contributed by atoms with E-state index in [1.54, 1.807) is 12.4 Å². The average molecular weight is 436 g/mol. The van der Waals surface area contributed by atoms with Crippen LogP contribution in [0, 0.1) is 0 Å². The van der Waals surface area contributed by atoms with E-state index in [2.05, 4.69) is 10.3 Å². The third-order valence-electron chi connectivity index (χ3n) is 4.79. The number of thiazole rings is 1. The van der Waals surface area contributed by atoms with Crippen molar-refractivity contribution in [3.05, 3.63) is 65.4 Å². The molecule has 0 spiro atoms. The standard InChI is InChI=1S/C22H20N4O4S/c1-30-22(29)17-12-26(8-9-27)21(28)19(17)24-16-6-2-4-14(10-16)20-25-18(13-31-20)15-5-3-7-23-11-15/h2-7,10-11,13,24,27H,8-9,12H2,1H3. The number of carbonyl (C=O) groups excluding carboxylic acids is 2. The number of pyridine rings is 1. The Kier molecular flexibility index (Phi) is 6.06. The number of hydrogen-bond donors (Lipinski definition) is 2. The summed E-state index contributed by atoms with van der Waals surface area (Å²) >= 11 is 1.51. The van der Waals surface area contributed by atoms with Gasteiger partial charge in [0, 0.05) is 41.1 Å². The van der Waals surface area contributed by atoms with Gasteiger partial charge in [0.25, 0.3) is 5.91 Å². The van der Waals surface area contributed by atoms with Crippen molar-refractivity contribution < 1.29 is 19.4 Å². The molecule has 3 heterocycles. The Balaban J connectivity index is 1.60. The quantitative estimate of drug-likeness (QED) is 0.549. The third kappa shape index (κ3) is 4.32. The average Bonchev–Trinajstić information content (AvgIpc) is 3.41. The summed E-state index contributed by atoms with van der Waals surface area (Å²) in [5.41, 5.74) is 3.70. The maximum atomic E-state index is 12.7. The summed E-state index contributed by atoms with van der Waals surface area (Å²) in [6.45, 7) is 0.0437.